The molecule has 1 heterocycles. The molecule has 4 nitrogen and oxygen atoms in total. The number of unbranched alkanes of at least 4 members (excludes halogenated alkanes) is 4. The quantitative estimate of drug-likeness (QED) is 0.599. The number of carbonyl (C=O) groups excluding carboxylic acids is 1. The van der Waals surface area contributed by atoms with Crippen LogP contribution in [0.15, 0.2) is 48.5 Å². The summed E-state index contributed by atoms with van der Waals surface area (Å²) >= 11 is 0. The SMILES string of the molecule is CCCCCCCOc1ccc(NCC(=O)N2CCc3ccccc32)cc1. The normalized spacial score (nSPS) is 12.7. The Morgan fingerprint density at radius 3 is 2.63 bits per heavy atom. The zero-order valence-electron chi connectivity index (χ0n) is 16.2. The molecule has 1 aliphatic rings. The molecule has 1 amide bonds. The Morgan fingerprint density at radius 2 is 1.81 bits per heavy atom. The summed E-state index contributed by atoms with van der Waals surface area (Å²) in [5.74, 6) is 0.989. The summed E-state index contributed by atoms with van der Waals surface area (Å²) < 4.78 is 5.78. The second-order valence-electron chi connectivity index (χ2n) is 7.06. The van der Waals surface area contributed by atoms with Gasteiger partial charge in [-0.1, -0.05) is 50.8 Å². The molecule has 0 radical (unpaired) electrons. The molecular formula is C23H30N2O2. The minimum absolute atomic E-state index is 0.104. The average molecular weight is 367 g/mol. The molecule has 0 aromatic heterocycles. The molecule has 0 aliphatic carbocycles. The molecule has 144 valence electrons. The molecule has 0 atom stereocenters. The minimum Gasteiger partial charge on any atom is -0.494 e. The van der Waals surface area contributed by atoms with Crippen LogP contribution in [0.25, 0.3) is 0 Å². The smallest absolute Gasteiger partial charge is 0.246 e. The van der Waals surface area contributed by atoms with Crippen LogP contribution >= 0.6 is 0 Å². The number of ether oxygens (including phenoxy) is 1. The largest absolute Gasteiger partial charge is 0.494 e. The van der Waals surface area contributed by atoms with Gasteiger partial charge in [0.15, 0.2) is 0 Å². The van der Waals surface area contributed by atoms with Crippen molar-refractivity contribution in [2.45, 2.75) is 45.4 Å². The molecule has 0 saturated carbocycles. The molecule has 4 heteroatoms. The highest BCUT2D eigenvalue weighted by Gasteiger charge is 2.23. The molecule has 0 spiro atoms. The van der Waals surface area contributed by atoms with Gasteiger partial charge < -0.3 is 15.0 Å². The molecule has 0 fully saturated rings. The van der Waals surface area contributed by atoms with Gasteiger partial charge in [0, 0.05) is 17.9 Å². The topological polar surface area (TPSA) is 41.6 Å². The first-order chi connectivity index (χ1) is 13.3. The summed E-state index contributed by atoms with van der Waals surface area (Å²) in [5.41, 5.74) is 3.24. The van der Waals surface area contributed by atoms with Gasteiger partial charge in [-0.05, 0) is 48.7 Å². The lowest BCUT2D eigenvalue weighted by Crippen LogP contribution is -2.34. The van der Waals surface area contributed by atoms with Crippen LogP contribution in [0.3, 0.4) is 0 Å². The Kier molecular flexibility index (Phi) is 7.14. The van der Waals surface area contributed by atoms with Crippen LogP contribution in [0.5, 0.6) is 5.75 Å². The van der Waals surface area contributed by atoms with Crippen LogP contribution in [0.1, 0.15) is 44.6 Å². The van der Waals surface area contributed by atoms with Crippen LogP contribution < -0.4 is 15.0 Å². The highest BCUT2D eigenvalue weighted by atomic mass is 16.5. The summed E-state index contributed by atoms with van der Waals surface area (Å²) in [6, 6.07) is 16.0. The number of para-hydroxylation sites is 1. The number of hydrogen-bond donors (Lipinski definition) is 1. The number of anilines is 2. The standard InChI is InChI=1S/C23H30N2O2/c1-2-3-4-5-8-17-27-21-13-11-20(12-14-21)24-18-23(26)25-16-15-19-9-6-7-10-22(19)25/h6-7,9-14,24H,2-5,8,15-18H2,1H3. The molecule has 0 bridgehead atoms. The van der Waals surface area contributed by atoms with E-state index in [0.29, 0.717) is 6.54 Å². The summed E-state index contributed by atoms with van der Waals surface area (Å²) in [5, 5.41) is 3.22. The molecular weight excluding hydrogens is 336 g/mol. The van der Waals surface area contributed by atoms with E-state index in [1.807, 2.05) is 47.4 Å². The Bertz CT molecular complexity index is 727. The highest BCUT2D eigenvalue weighted by Crippen LogP contribution is 2.27. The number of nitrogens with one attached hydrogen (secondary N) is 1. The van der Waals surface area contributed by atoms with Crippen molar-refractivity contribution in [3.05, 3.63) is 54.1 Å². The minimum atomic E-state index is 0.104. The van der Waals surface area contributed by atoms with E-state index < -0.39 is 0 Å². The summed E-state index contributed by atoms with van der Waals surface area (Å²) in [6.45, 7) is 4.06. The van der Waals surface area contributed by atoms with Crippen molar-refractivity contribution >= 4 is 17.3 Å². The maximum absolute atomic E-state index is 12.5. The monoisotopic (exact) mass is 366 g/mol. The molecule has 2 aromatic rings. The second kappa shape index (κ2) is 10.0. The van der Waals surface area contributed by atoms with E-state index in [0.717, 1.165) is 43.1 Å². The number of amides is 1. The van der Waals surface area contributed by atoms with Crippen molar-refractivity contribution in [3.63, 3.8) is 0 Å². The Hall–Kier alpha value is -2.49. The van der Waals surface area contributed by atoms with Crippen molar-refractivity contribution in [2.75, 3.05) is 29.9 Å². The van der Waals surface area contributed by atoms with Crippen LogP contribution in [-0.4, -0.2) is 25.6 Å². The second-order valence-corrected chi connectivity index (χ2v) is 7.06. The summed E-state index contributed by atoms with van der Waals surface area (Å²) in [4.78, 5) is 14.4. The molecule has 0 saturated heterocycles. The van der Waals surface area contributed by atoms with Gasteiger partial charge in [0.05, 0.1) is 13.2 Å². The van der Waals surface area contributed by atoms with Crippen molar-refractivity contribution in [1.29, 1.82) is 0 Å². The first-order valence-electron chi connectivity index (χ1n) is 10.1. The molecule has 2 aromatic carbocycles. The first-order valence-corrected chi connectivity index (χ1v) is 10.1. The van der Waals surface area contributed by atoms with Crippen molar-refractivity contribution in [2.24, 2.45) is 0 Å². The van der Waals surface area contributed by atoms with Gasteiger partial charge in [0.25, 0.3) is 0 Å². The number of carbonyl (C=O) groups is 1. The van der Waals surface area contributed by atoms with Gasteiger partial charge in [-0.3, -0.25) is 4.79 Å². The van der Waals surface area contributed by atoms with E-state index >= 15 is 0 Å². The van der Waals surface area contributed by atoms with E-state index in [1.165, 1.54) is 31.2 Å². The lowest BCUT2D eigenvalue weighted by atomic mass is 10.2. The fourth-order valence-electron chi connectivity index (χ4n) is 3.44. The van der Waals surface area contributed by atoms with E-state index in [-0.39, 0.29) is 5.91 Å². The van der Waals surface area contributed by atoms with Gasteiger partial charge in [-0.2, -0.15) is 0 Å². The third-order valence-corrected chi connectivity index (χ3v) is 5.00. The van der Waals surface area contributed by atoms with Crippen molar-refractivity contribution < 1.29 is 9.53 Å². The number of hydrogen-bond acceptors (Lipinski definition) is 3. The average Bonchev–Trinajstić information content (AvgIpc) is 3.14. The third-order valence-electron chi connectivity index (χ3n) is 5.00. The van der Waals surface area contributed by atoms with Crippen LogP contribution in [0, 0.1) is 0 Å². The molecule has 0 unspecified atom stereocenters. The van der Waals surface area contributed by atoms with Gasteiger partial charge >= 0.3 is 0 Å². The zero-order valence-corrected chi connectivity index (χ0v) is 16.2. The Balaban J connectivity index is 1.41. The lowest BCUT2D eigenvalue weighted by molar-refractivity contribution is -0.116. The predicted octanol–water partition coefficient (Wildman–Crippen LogP) is 5.04. The summed E-state index contributed by atoms with van der Waals surface area (Å²) in [7, 11) is 0. The van der Waals surface area contributed by atoms with Gasteiger partial charge in [0.1, 0.15) is 5.75 Å². The molecule has 1 N–H and O–H groups in total. The fraction of sp³-hybridized carbons (Fsp3) is 0.435. The Labute approximate surface area is 162 Å². The number of fused-ring (bicyclic) bond motifs is 1. The number of nitrogens with zero attached hydrogens (tertiary/aromatic N) is 1. The van der Waals surface area contributed by atoms with Crippen molar-refractivity contribution in [1.82, 2.24) is 0 Å². The van der Waals surface area contributed by atoms with Gasteiger partial charge in [0.2, 0.25) is 5.91 Å². The molecule has 27 heavy (non-hydrogen) atoms. The van der Waals surface area contributed by atoms with E-state index in [9.17, 15) is 4.79 Å². The number of benzene rings is 2. The van der Waals surface area contributed by atoms with Crippen LogP contribution in [0.4, 0.5) is 11.4 Å². The predicted molar refractivity (Wildman–Crippen MR) is 112 cm³/mol. The van der Waals surface area contributed by atoms with Crippen LogP contribution in [0.2, 0.25) is 0 Å². The van der Waals surface area contributed by atoms with Gasteiger partial charge in [-0.15, -0.1) is 0 Å². The number of rotatable bonds is 10. The van der Waals surface area contributed by atoms with E-state index in [1.54, 1.807) is 0 Å². The van der Waals surface area contributed by atoms with E-state index in [2.05, 4.69) is 18.3 Å². The lowest BCUT2D eigenvalue weighted by Gasteiger charge is -2.18. The van der Waals surface area contributed by atoms with Gasteiger partial charge in [-0.25, -0.2) is 0 Å². The third kappa shape index (κ3) is 5.49. The molecule has 1 aliphatic heterocycles. The molecule has 3 rings (SSSR count). The highest BCUT2D eigenvalue weighted by molar-refractivity contribution is 5.98. The van der Waals surface area contributed by atoms with E-state index in [4.69, 9.17) is 4.74 Å². The Morgan fingerprint density at radius 1 is 1.04 bits per heavy atom. The maximum Gasteiger partial charge on any atom is 0.246 e. The zero-order chi connectivity index (χ0) is 18.9. The first kappa shape index (κ1) is 19.3. The van der Waals surface area contributed by atoms with Crippen molar-refractivity contribution in [3.8, 4) is 5.75 Å². The van der Waals surface area contributed by atoms with Crippen LogP contribution in [-0.2, 0) is 11.2 Å². The maximum atomic E-state index is 12.5. The fourth-order valence-corrected chi connectivity index (χ4v) is 3.44. The summed E-state index contributed by atoms with van der Waals surface area (Å²) in [6.07, 6.45) is 7.13.